The highest BCUT2D eigenvalue weighted by atomic mass is 32.2. The van der Waals surface area contributed by atoms with Crippen LogP contribution in [0.1, 0.15) is 76.3 Å². The van der Waals surface area contributed by atoms with Crippen molar-refractivity contribution < 1.29 is 18.0 Å². The summed E-state index contributed by atoms with van der Waals surface area (Å²) in [5.41, 5.74) is 2.39. The van der Waals surface area contributed by atoms with E-state index in [1.54, 1.807) is 12.1 Å². The highest BCUT2D eigenvalue weighted by molar-refractivity contribution is 7.92. The number of nitrogens with zero attached hydrogens (tertiary/aromatic N) is 2. The van der Waals surface area contributed by atoms with Crippen molar-refractivity contribution in [3.05, 3.63) is 65.7 Å². The molecular formula is C29H41N3O4S. The van der Waals surface area contributed by atoms with E-state index in [1.807, 2.05) is 49.4 Å². The molecule has 37 heavy (non-hydrogen) atoms. The Kier molecular flexibility index (Phi) is 10.1. The molecule has 0 aromatic heterocycles. The van der Waals surface area contributed by atoms with Crippen molar-refractivity contribution in [3.8, 4) is 0 Å². The predicted molar refractivity (Wildman–Crippen MR) is 149 cm³/mol. The maximum atomic E-state index is 13.8. The molecule has 0 spiro atoms. The van der Waals surface area contributed by atoms with Gasteiger partial charge in [0.15, 0.2) is 0 Å². The number of rotatable bonds is 11. The van der Waals surface area contributed by atoms with Gasteiger partial charge in [0.05, 0.1) is 11.9 Å². The van der Waals surface area contributed by atoms with Crippen molar-refractivity contribution in [2.45, 2.75) is 83.8 Å². The van der Waals surface area contributed by atoms with Gasteiger partial charge < -0.3 is 10.2 Å². The van der Waals surface area contributed by atoms with Gasteiger partial charge in [-0.15, -0.1) is 0 Å². The topological polar surface area (TPSA) is 86.8 Å². The monoisotopic (exact) mass is 527 g/mol. The molecule has 2 aromatic rings. The van der Waals surface area contributed by atoms with Gasteiger partial charge in [0.1, 0.15) is 12.6 Å². The summed E-state index contributed by atoms with van der Waals surface area (Å²) in [5.74, 6) is -0.282. The molecule has 1 N–H and O–H groups in total. The fourth-order valence-corrected chi connectivity index (χ4v) is 5.73. The highest BCUT2D eigenvalue weighted by Crippen LogP contribution is 2.23. The summed E-state index contributed by atoms with van der Waals surface area (Å²) in [7, 11) is -3.74. The Balaban J connectivity index is 1.88. The van der Waals surface area contributed by atoms with E-state index in [1.165, 1.54) is 11.3 Å². The third-order valence-corrected chi connectivity index (χ3v) is 8.20. The number of amides is 2. The number of carbonyl (C=O) groups is 2. The summed E-state index contributed by atoms with van der Waals surface area (Å²) in [6.07, 6.45) is 6.79. The number of nitrogens with one attached hydrogen (secondary N) is 1. The normalized spacial score (nSPS) is 15.3. The lowest BCUT2D eigenvalue weighted by atomic mass is 9.95. The fraction of sp³-hybridized carbons (Fsp3) is 0.517. The molecule has 2 aromatic carbocycles. The lowest BCUT2D eigenvalue weighted by molar-refractivity contribution is -0.140. The minimum atomic E-state index is -3.74. The fourth-order valence-electron chi connectivity index (χ4n) is 4.88. The number of anilines is 1. The van der Waals surface area contributed by atoms with Gasteiger partial charge in [0.25, 0.3) is 0 Å². The van der Waals surface area contributed by atoms with Crippen LogP contribution in [0.3, 0.4) is 0 Å². The Morgan fingerprint density at radius 1 is 0.973 bits per heavy atom. The molecule has 0 saturated heterocycles. The van der Waals surface area contributed by atoms with Crippen LogP contribution in [0.15, 0.2) is 54.6 Å². The Morgan fingerprint density at radius 2 is 1.59 bits per heavy atom. The second-order valence-corrected chi connectivity index (χ2v) is 12.2. The van der Waals surface area contributed by atoms with E-state index >= 15 is 0 Å². The van der Waals surface area contributed by atoms with E-state index < -0.39 is 22.0 Å². The molecule has 0 unspecified atom stereocenters. The third-order valence-electron chi connectivity index (χ3n) is 7.06. The molecule has 0 heterocycles. The van der Waals surface area contributed by atoms with Crippen LogP contribution in [0.2, 0.25) is 0 Å². The maximum absolute atomic E-state index is 13.8. The quantitative estimate of drug-likeness (QED) is 0.453. The zero-order valence-corrected chi connectivity index (χ0v) is 23.3. The number of hydrogen-bond donors (Lipinski definition) is 1. The van der Waals surface area contributed by atoms with E-state index in [0.29, 0.717) is 18.0 Å². The van der Waals surface area contributed by atoms with Crippen molar-refractivity contribution in [1.29, 1.82) is 0 Å². The maximum Gasteiger partial charge on any atom is 0.244 e. The summed E-state index contributed by atoms with van der Waals surface area (Å²) in [6.45, 7) is 5.87. The third kappa shape index (κ3) is 8.06. The molecule has 7 nitrogen and oxygen atoms in total. The minimum Gasteiger partial charge on any atom is -0.352 e. The number of hydrogen-bond acceptors (Lipinski definition) is 4. The first-order valence-electron chi connectivity index (χ1n) is 13.3. The first kappa shape index (κ1) is 28.7. The van der Waals surface area contributed by atoms with Crippen LogP contribution in [0, 0.1) is 0 Å². The average molecular weight is 528 g/mol. The zero-order chi connectivity index (χ0) is 27.0. The van der Waals surface area contributed by atoms with Crippen molar-refractivity contribution >= 4 is 27.5 Å². The van der Waals surface area contributed by atoms with E-state index in [9.17, 15) is 18.0 Å². The molecule has 0 aliphatic heterocycles. The van der Waals surface area contributed by atoms with Crippen LogP contribution in [-0.4, -0.2) is 50.0 Å². The summed E-state index contributed by atoms with van der Waals surface area (Å²) < 4.78 is 26.7. The number of carbonyl (C=O) groups excluding carboxylic acids is 2. The van der Waals surface area contributed by atoms with Crippen LogP contribution in [-0.2, 0) is 26.2 Å². The van der Waals surface area contributed by atoms with Gasteiger partial charge in [-0.1, -0.05) is 82.5 Å². The van der Waals surface area contributed by atoms with Crippen LogP contribution >= 0.6 is 0 Å². The van der Waals surface area contributed by atoms with Crippen molar-refractivity contribution in [3.63, 3.8) is 0 Å². The lowest BCUT2D eigenvalue weighted by Gasteiger charge is -2.34. The van der Waals surface area contributed by atoms with E-state index in [0.717, 1.165) is 47.4 Å². The van der Waals surface area contributed by atoms with Crippen LogP contribution in [0.5, 0.6) is 0 Å². The first-order valence-corrected chi connectivity index (χ1v) is 15.2. The summed E-state index contributed by atoms with van der Waals surface area (Å²) in [5, 5.41) is 3.16. The summed E-state index contributed by atoms with van der Waals surface area (Å²) >= 11 is 0. The predicted octanol–water partition coefficient (Wildman–Crippen LogP) is 4.83. The van der Waals surface area contributed by atoms with E-state index in [-0.39, 0.29) is 25.0 Å². The lowest BCUT2D eigenvalue weighted by Crippen LogP contribution is -2.53. The smallest absolute Gasteiger partial charge is 0.244 e. The van der Waals surface area contributed by atoms with Crippen molar-refractivity contribution in [2.75, 3.05) is 17.1 Å². The Hall–Kier alpha value is -2.87. The molecule has 1 aliphatic rings. The van der Waals surface area contributed by atoms with Crippen LogP contribution in [0.25, 0.3) is 0 Å². The molecule has 1 atom stereocenters. The molecular weight excluding hydrogens is 486 g/mol. The molecule has 202 valence electrons. The van der Waals surface area contributed by atoms with Gasteiger partial charge in [0.2, 0.25) is 21.8 Å². The van der Waals surface area contributed by atoms with Gasteiger partial charge in [-0.25, -0.2) is 8.42 Å². The van der Waals surface area contributed by atoms with Crippen molar-refractivity contribution in [2.24, 2.45) is 0 Å². The minimum absolute atomic E-state index is 0.121. The molecule has 2 amide bonds. The van der Waals surface area contributed by atoms with Crippen LogP contribution in [0.4, 0.5) is 5.69 Å². The Morgan fingerprint density at radius 3 is 2.14 bits per heavy atom. The van der Waals surface area contributed by atoms with E-state index in [4.69, 9.17) is 0 Å². The number of sulfonamides is 1. The molecule has 1 saturated carbocycles. The van der Waals surface area contributed by atoms with Gasteiger partial charge in [-0.05, 0) is 48.4 Å². The average Bonchev–Trinajstić information content (AvgIpc) is 2.87. The first-order chi connectivity index (χ1) is 17.6. The summed E-state index contributed by atoms with van der Waals surface area (Å²) in [4.78, 5) is 28.7. The van der Waals surface area contributed by atoms with Gasteiger partial charge >= 0.3 is 0 Å². The Bertz CT molecular complexity index is 1130. The molecule has 1 fully saturated rings. The zero-order valence-electron chi connectivity index (χ0n) is 22.5. The molecule has 0 radical (unpaired) electrons. The van der Waals surface area contributed by atoms with Crippen LogP contribution < -0.4 is 9.62 Å². The standard InChI is InChI=1S/C29H41N3O4S/c1-5-27(29(34)30-25-14-10-7-11-15-25)31(20-23-12-8-6-9-13-23)28(33)21-32(37(4,35)36)26-18-16-24(17-19-26)22(2)3/h6,8-9,12-13,16-19,22,25,27H,5,7,10-11,14-15,20-21H2,1-4H3,(H,30,34)/t27-/m1/s1. The van der Waals surface area contributed by atoms with Gasteiger partial charge in [0, 0.05) is 12.6 Å². The number of benzene rings is 2. The van der Waals surface area contributed by atoms with Gasteiger partial charge in [-0.2, -0.15) is 0 Å². The second-order valence-electron chi connectivity index (χ2n) is 10.3. The Labute approximate surface area is 222 Å². The molecule has 0 bridgehead atoms. The van der Waals surface area contributed by atoms with E-state index in [2.05, 4.69) is 19.2 Å². The second kappa shape index (κ2) is 13.1. The van der Waals surface area contributed by atoms with Gasteiger partial charge in [-0.3, -0.25) is 13.9 Å². The van der Waals surface area contributed by atoms with Crippen molar-refractivity contribution in [1.82, 2.24) is 10.2 Å². The molecule has 1 aliphatic carbocycles. The molecule has 8 heteroatoms. The highest BCUT2D eigenvalue weighted by Gasteiger charge is 2.32. The molecule has 3 rings (SSSR count). The summed E-state index contributed by atoms with van der Waals surface area (Å²) in [6, 6.07) is 16.2. The SMILES string of the molecule is CC[C@H](C(=O)NC1CCCCC1)N(Cc1ccccc1)C(=O)CN(c1ccc(C(C)C)cc1)S(C)(=O)=O. The largest absolute Gasteiger partial charge is 0.352 e.